The number of benzene rings is 1. The minimum absolute atomic E-state index is 0.0672. The molecule has 0 spiro atoms. The van der Waals surface area contributed by atoms with Crippen LogP contribution in [0, 0.1) is 5.41 Å². The molecule has 1 aromatic carbocycles. The quantitative estimate of drug-likeness (QED) is 0.838. The summed E-state index contributed by atoms with van der Waals surface area (Å²) in [6.45, 7) is 7.55. The van der Waals surface area contributed by atoms with Gasteiger partial charge in [0.25, 0.3) is 5.91 Å². The van der Waals surface area contributed by atoms with E-state index < -0.39 is 0 Å². The van der Waals surface area contributed by atoms with Crippen molar-refractivity contribution >= 4 is 29.1 Å². The van der Waals surface area contributed by atoms with Crippen molar-refractivity contribution in [3.8, 4) is 0 Å². The predicted molar refractivity (Wildman–Crippen MR) is 102 cm³/mol. The van der Waals surface area contributed by atoms with E-state index in [1.807, 2.05) is 32.7 Å². The van der Waals surface area contributed by atoms with Gasteiger partial charge in [0.15, 0.2) is 0 Å². The van der Waals surface area contributed by atoms with Crippen molar-refractivity contribution < 1.29 is 9.59 Å². The fraction of sp³-hybridized carbons (Fsp3) is 0.579. The molecule has 1 saturated heterocycles. The topological polar surface area (TPSA) is 61.4 Å². The maximum Gasteiger partial charge on any atom is 0.255 e. The van der Waals surface area contributed by atoms with Crippen molar-refractivity contribution in [1.29, 1.82) is 0 Å². The van der Waals surface area contributed by atoms with Gasteiger partial charge in [-0.15, -0.1) is 0 Å². The molecular formula is C19H28ClN3O2. The van der Waals surface area contributed by atoms with Crippen molar-refractivity contribution in [1.82, 2.24) is 10.2 Å². The van der Waals surface area contributed by atoms with E-state index in [1.165, 1.54) is 0 Å². The summed E-state index contributed by atoms with van der Waals surface area (Å²) in [5, 5.41) is 6.41. The van der Waals surface area contributed by atoms with Gasteiger partial charge < -0.3 is 15.5 Å². The Morgan fingerprint density at radius 2 is 2.04 bits per heavy atom. The number of carbonyl (C=O) groups excluding carboxylic acids is 2. The molecule has 0 bridgehead atoms. The zero-order valence-corrected chi connectivity index (χ0v) is 16.2. The molecule has 1 heterocycles. The molecule has 0 radical (unpaired) electrons. The van der Waals surface area contributed by atoms with E-state index >= 15 is 0 Å². The van der Waals surface area contributed by atoms with E-state index in [1.54, 1.807) is 18.2 Å². The average Bonchev–Trinajstić information content (AvgIpc) is 2.95. The molecule has 2 amide bonds. The number of likely N-dealkylation sites (N-methyl/N-ethyl adjacent to an activating group) is 1. The normalized spacial score (nSPS) is 17.6. The van der Waals surface area contributed by atoms with Crippen molar-refractivity contribution in [2.75, 3.05) is 25.5 Å². The van der Waals surface area contributed by atoms with E-state index in [-0.39, 0.29) is 23.3 Å². The lowest BCUT2D eigenvalue weighted by molar-refractivity contribution is -0.117. The first-order valence-electron chi connectivity index (χ1n) is 8.76. The van der Waals surface area contributed by atoms with E-state index in [9.17, 15) is 9.59 Å². The number of amides is 2. The summed E-state index contributed by atoms with van der Waals surface area (Å²) >= 11 is 6.26. The average molecular weight is 366 g/mol. The van der Waals surface area contributed by atoms with Gasteiger partial charge in [0.1, 0.15) is 0 Å². The largest absolute Gasteiger partial charge is 0.334 e. The fourth-order valence-electron chi connectivity index (χ4n) is 3.16. The number of likely N-dealkylation sites (tertiary alicyclic amines) is 1. The van der Waals surface area contributed by atoms with Gasteiger partial charge in [0, 0.05) is 31.2 Å². The monoisotopic (exact) mass is 365 g/mol. The number of nitrogens with zero attached hydrogens (tertiary/aromatic N) is 1. The lowest BCUT2D eigenvalue weighted by Crippen LogP contribution is -2.41. The van der Waals surface area contributed by atoms with Crippen molar-refractivity contribution in [2.45, 2.75) is 46.1 Å². The molecule has 6 heteroatoms. The second-order valence-electron chi connectivity index (χ2n) is 7.83. The highest BCUT2D eigenvalue weighted by molar-refractivity contribution is 6.34. The molecule has 1 unspecified atom stereocenters. The molecule has 0 aliphatic carbocycles. The van der Waals surface area contributed by atoms with Gasteiger partial charge in [-0.05, 0) is 43.5 Å². The Labute approximate surface area is 155 Å². The summed E-state index contributed by atoms with van der Waals surface area (Å²) in [6, 6.07) is 5.27. The van der Waals surface area contributed by atoms with Crippen LogP contribution in [-0.4, -0.2) is 42.9 Å². The van der Waals surface area contributed by atoms with Crippen LogP contribution < -0.4 is 10.6 Å². The summed E-state index contributed by atoms with van der Waals surface area (Å²) in [5.74, 6) is -0.142. The van der Waals surface area contributed by atoms with E-state index in [0.717, 1.165) is 25.9 Å². The van der Waals surface area contributed by atoms with E-state index in [2.05, 4.69) is 10.6 Å². The first kappa shape index (κ1) is 19.7. The zero-order valence-electron chi connectivity index (χ0n) is 15.5. The van der Waals surface area contributed by atoms with Gasteiger partial charge in [0.05, 0.1) is 10.6 Å². The molecule has 0 aromatic heterocycles. The molecular weight excluding hydrogens is 338 g/mol. The van der Waals surface area contributed by atoms with Crippen LogP contribution in [-0.2, 0) is 4.79 Å². The van der Waals surface area contributed by atoms with E-state index in [4.69, 9.17) is 11.6 Å². The summed E-state index contributed by atoms with van der Waals surface area (Å²) in [7, 11) is 1.89. The maximum atomic E-state index is 12.9. The predicted octanol–water partition coefficient (Wildman–Crippen LogP) is 3.54. The fourth-order valence-corrected chi connectivity index (χ4v) is 3.36. The van der Waals surface area contributed by atoms with Crippen LogP contribution in [0.15, 0.2) is 18.2 Å². The van der Waals surface area contributed by atoms with E-state index in [0.29, 0.717) is 22.7 Å². The van der Waals surface area contributed by atoms with Crippen LogP contribution in [0.1, 0.15) is 50.4 Å². The third-order valence-corrected chi connectivity index (χ3v) is 4.58. The number of nitrogens with one attached hydrogen (secondary N) is 2. The highest BCUT2D eigenvalue weighted by Gasteiger charge is 2.30. The van der Waals surface area contributed by atoms with Crippen LogP contribution in [0.25, 0.3) is 0 Å². The molecule has 1 aliphatic rings. The Hall–Kier alpha value is -1.59. The highest BCUT2D eigenvalue weighted by Crippen LogP contribution is 2.27. The molecule has 1 atom stereocenters. The first-order valence-corrected chi connectivity index (χ1v) is 9.14. The zero-order chi connectivity index (χ0) is 18.6. The van der Waals surface area contributed by atoms with Crippen LogP contribution in [0.3, 0.4) is 0 Å². The van der Waals surface area contributed by atoms with Crippen LogP contribution >= 0.6 is 11.6 Å². The number of halogens is 1. The molecule has 2 N–H and O–H groups in total. The standard InChI is InChI=1S/C19H28ClN3O2/c1-19(2,3)11-17(24)22-13-7-8-16(20)15(10-13)18(25)23-9-5-6-14(23)12-21-4/h7-8,10,14,21H,5-6,9,11-12H2,1-4H3,(H,22,24). The SMILES string of the molecule is CNCC1CCCN1C(=O)c1cc(NC(=O)CC(C)(C)C)ccc1Cl. The first-order chi connectivity index (χ1) is 11.7. The highest BCUT2D eigenvalue weighted by atomic mass is 35.5. The van der Waals surface area contributed by atoms with Crippen molar-refractivity contribution in [2.24, 2.45) is 5.41 Å². The van der Waals surface area contributed by atoms with Crippen molar-refractivity contribution in [3.63, 3.8) is 0 Å². The molecule has 1 aromatic rings. The number of anilines is 1. The van der Waals surface area contributed by atoms with Crippen LogP contribution in [0.2, 0.25) is 5.02 Å². The van der Waals surface area contributed by atoms with Gasteiger partial charge in [-0.2, -0.15) is 0 Å². The minimum atomic E-state index is -0.0922. The Morgan fingerprint density at radius 1 is 1.32 bits per heavy atom. The molecule has 2 rings (SSSR count). The number of carbonyl (C=O) groups is 2. The Kier molecular flexibility index (Phi) is 6.47. The molecule has 5 nitrogen and oxygen atoms in total. The van der Waals surface area contributed by atoms with Gasteiger partial charge >= 0.3 is 0 Å². The van der Waals surface area contributed by atoms with Gasteiger partial charge in [0.2, 0.25) is 5.91 Å². The third kappa shape index (κ3) is 5.44. The summed E-state index contributed by atoms with van der Waals surface area (Å²) in [6.07, 6.45) is 2.40. The summed E-state index contributed by atoms with van der Waals surface area (Å²) < 4.78 is 0. The Bertz CT molecular complexity index is 640. The third-order valence-electron chi connectivity index (χ3n) is 4.25. The molecule has 1 aliphatic heterocycles. The Balaban J connectivity index is 2.15. The second kappa shape index (κ2) is 8.19. The molecule has 1 fully saturated rings. The molecule has 0 saturated carbocycles. The van der Waals surface area contributed by atoms with Gasteiger partial charge in [-0.3, -0.25) is 9.59 Å². The number of hydrogen-bond donors (Lipinski definition) is 2. The van der Waals surface area contributed by atoms with Gasteiger partial charge in [-0.1, -0.05) is 32.4 Å². The van der Waals surface area contributed by atoms with Crippen LogP contribution in [0.4, 0.5) is 5.69 Å². The minimum Gasteiger partial charge on any atom is -0.334 e. The van der Waals surface area contributed by atoms with Crippen LogP contribution in [0.5, 0.6) is 0 Å². The lowest BCUT2D eigenvalue weighted by atomic mass is 9.92. The smallest absolute Gasteiger partial charge is 0.255 e. The lowest BCUT2D eigenvalue weighted by Gasteiger charge is -2.25. The molecule has 25 heavy (non-hydrogen) atoms. The number of hydrogen-bond acceptors (Lipinski definition) is 3. The number of rotatable bonds is 5. The summed E-state index contributed by atoms with van der Waals surface area (Å²) in [5.41, 5.74) is 0.954. The maximum absolute atomic E-state index is 12.9. The van der Waals surface area contributed by atoms with Gasteiger partial charge in [-0.25, -0.2) is 0 Å². The Morgan fingerprint density at radius 3 is 2.68 bits per heavy atom. The summed E-state index contributed by atoms with van der Waals surface area (Å²) in [4.78, 5) is 26.9. The second-order valence-corrected chi connectivity index (χ2v) is 8.24. The molecule has 138 valence electrons. The van der Waals surface area contributed by atoms with Crippen molar-refractivity contribution in [3.05, 3.63) is 28.8 Å².